The fraction of sp³-hybridized carbons (Fsp3) is 0.391. The van der Waals surface area contributed by atoms with Gasteiger partial charge in [0.1, 0.15) is 5.75 Å². The molecule has 4 nitrogen and oxygen atoms in total. The second-order valence-electron chi connectivity index (χ2n) is 7.07. The van der Waals surface area contributed by atoms with Crippen molar-refractivity contribution in [3.8, 4) is 5.75 Å². The summed E-state index contributed by atoms with van der Waals surface area (Å²) in [6, 6.07) is 10.2. The highest BCUT2D eigenvalue weighted by Gasteiger charge is 2.32. The summed E-state index contributed by atoms with van der Waals surface area (Å²) in [7, 11) is 0. The monoisotopic (exact) mass is 365 g/mol. The van der Waals surface area contributed by atoms with Crippen molar-refractivity contribution in [3.05, 3.63) is 58.7 Å². The highest BCUT2D eigenvalue weighted by atomic mass is 16.5. The third kappa shape index (κ3) is 4.05. The average molecular weight is 365 g/mol. The zero-order valence-electron chi connectivity index (χ0n) is 15.9. The molecule has 0 radical (unpaired) electrons. The number of hydrogen-bond donors (Lipinski definition) is 1. The minimum Gasteiger partial charge on any atom is -0.491 e. The standard InChI is InChI=1S/C23H27NO3/c1-2-3-4-5-6-7-10-15-27-19-14-13-18-20(21(19)24)23(26)17-12-9-8-11-16(17)22(18)25/h8-9,11-14H,2-7,10,15,24H2,1H3. The number of carbonyl (C=O) groups excluding carboxylic acids is 2. The molecule has 0 bridgehead atoms. The van der Waals surface area contributed by atoms with Gasteiger partial charge in [0.05, 0.1) is 17.9 Å². The Hall–Kier alpha value is -2.62. The zero-order valence-corrected chi connectivity index (χ0v) is 15.9. The fourth-order valence-corrected chi connectivity index (χ4v) is 3.56. The summed E-state index contributed by atoms with van der Waals surface area (Å²) in [5, 5.41) is 0. The number of ketones is 2. The minimum atomic E-state index is -0.209. The van der Waals surface area contributed by atoms with E-state index in [0.717, 1.165) is 12.8 Å². The van der Waals surface area contributed by atoms with Gasteiger partial charge < -0.3 is 10.5 Å². The molecule has 3 rings (SSSR count). The van der Waals surface area contributed by atoms with Gasteiger partial charge in [-0.15, -0.1) is 0 Å². The number of hydrogen-bond acceptors (Lipinski definition) is 4. The van der Waals surface area contributed by atoms with Crippen LogP contribution in [0.25, 0.3) is 0 Å². The van der Waals surface area contributed by atoms with E-state index in [0.29, 0.717) is 29.0 Å². The van der Waals surface area contributed by atoms with Crippen molar-refractivity contribution in [2.45, 2.75) is 51.9 Å². The Morgan fingerprint density at radius 2 is 1.41 bits per heavy atom. The van der Waals surface area contributed by atoms with Crippen LogP contribution in [0.3, 0.4) is 0 Å². The summed E-state index contributed by atoms with van der Waals surface area (Å²) in [5.74, 6) is 0.116. The molecule has 1 aliphatic carbocycles. The molecule has 2 aromatic carbocycles. The Kier molecular flexibility index (Phi) is 6.28. The van der Waals surface area contributed by atoms with E-state index in [1.807, 2.05) is 0 Å². The molecule has 1 aliphatic rings. The van der Waals surface area contributed by atoms with Gasteiger partial charge in [0, 0.05) is 16.7 Å². The second kappa shape index (κ2) is 8.85. The second-order valence-corrected chi connectivity index (χ2v) is 7.07. The quantitative estimate of drug-likeness (QED) is 0.419. The van der Waals surface area contributed by atoms with Crippen LogP contribution in [0.4, 0.5) is 5.69 Å². The summed E-state index contributed by atoms with van der Waals surface area (Å²) in [4.78, 5) is 25.5. The minimum absolute atomic E-state index is 0.162. The van der Waals surface area contributed by atoms with Crippen molar-refractivity contribution in [1.82, 2.24) is 0 Å². The molecule has 0 saturated carbocycles. The number of unbranched alkanes of at least 4 members (excludes halogenated alkanes) is 6. The van der Waals surface area contributed by atoms with Crippen LogP contribution in [0.5, 0.6) is 5.75 Å². The smallest absolute Gasteiger partial charge is 0.196 e. The number of rotatable bonds is 9. The first-order chi connectivity index (χ1) is 13.1. The molecular weight excluding hydrogens is 338 g/mol. The summed E-state index contributed by atoms with van der Waals surface area (Å²) >= 11 is 0. The van der Waals surface area contributed by atoms with Crippen LogP contribution >= 0.6 is 0 Å². The van der Waals surface area contributed by atoms with E-state index in [1.54, 1.807) is 36.4 Å². The van der Waals surface area contributed by atoms with E-state index < -0.39 is 0 Å². The lowest BCUT2D eigenvalue weighted by Crippen LogP contribution is -2.22. The molecule has 4 heteroatoms. The first-order valence-corrected chi connectivity index (χ1v) is 9.88. The fourth-order valence-electron chi connectivity index (χ4n) is 3.56. The maximum absolute atomic E-state index is 12.8. The van der Waals surface area contributed by atoms with E-state index in [-0.39, 0.29) is 22.8 Å². The van der Waals surface area contributed by atoms with Crippen LogP contribution < -0.4 is 10.5 Å². The van der Waals surface area contributed by atoms with Crippen LogP contribution in [-0.4, -0.2) is 18.2 Å². The SMILES string of the molecule is CCCCCCCCCOc1ccc2c(c1N)C(=O)c1ccccc1C2=O. The Morgan fingerprint density at radius 3 is 2.11 bits per heavy atom. The van der Waals surface area contributed by atoms with Gasteiger partial charge in [-0.05, 0) is 18.6 Å². The van der Waals surface area contributed by atoms with Crippen molar-refractivity contribution >= 4 is 17.3 Å². The van der Waals surface area contributed by atoms with Crippen LogP contribution in [0, 0.1) is 0 Å². The van der Waals surface area contributed by atoms with Gasteiger partial charge in [-0.3, -0.25) is 9.59 Å². The molecule has 0 aromatic heterocycles. The van der Waals surface area contributed by atoms with Gasteiger partial charge >= 0.3 is 0 Å². The number of fused-ring (bicyclic) bond motifs is 2. The molecule has 0 fully saturated rings. The van der Waals surface area contributed by atoms with Crippen molar-refractivity contribution < 1.29 is 14.3 Å². The Balaban J connectivity index is 1.65. The largest absolute Gasteiger partial charge is 0.491 e. The lowest BCUT2D eigenvalue weighted by molar-refractivity contribution is 0.0979. The topological polar surface area (TPSA) is 69.4 Å². The number of benzene rings is 2. The zero-order chi connectivity index (χ0) is 19.2. The van der Waals surface area contributed by atoms with E-state index in [9.17, 15) is 9.59 Å². The molecule has 27 heavy (non-hydrogen) atoms. The lowest BCUT2D eigenvalue weighted by Gasteiger charge is -2.20. The molecule has 2 aromatic rings. The summed E-state index contributed by atoms with van der Waals surface area (Å²) in [6.45, 7) is 2.78. The Bertz CT molecular complexity index is 842. The third-order valence-corrected chi connectivity index (χ3v) is 5.10. The van der Waals surface area contributed by atoms with Gasteiger partial charge in [-0.2, -0.15) is 0 Å². The number of anilines is 1. The summed E-state index contributed by atoms with van der Waals surface area (Å²) < 4.78 is 5.81. The molecule has 142 valence electrons. The van der Waals surface area contributed by atoms with Crippen molar-refractivity contribution in [2.75, 3.05) is 12.3 Å². The van der Waals surface area contributed by atoms with Crippen LogP contribution in [0.15, 0.2) is 36.4 Å². The van der Waals surface area contributed by atoms with Gasteiger partial charge in [0.25, 0.3) is 0 Å². The van der Waals surface area contributed by atoms with E-state index in [1.165, 1.54) is 32.1 Å². The molecule has 0 unspecified atom stereocenters. The van der Waals surface area contributed by atoms with Crippen molar-refractivity contribution in [3.63, 3.8) is 0 Å². The van der Waals surface area contributed by atoms with Crippen molar-refractivity contribution in [1.29, 1.82) is 0 Å². The van der Waals surface area contributed by atoms with E-state index in [4.69, 9.17) is 10.5 Å². The number of carbonyl (C=O) groups is 2. The lowest BCUT2D eigenvalue weighted by atomic mass is 9.83. The maximum atomic E-state index is 12.8. The molecule has 0 saturated heterocycles. The molecular formula is C23H27NO3. The first-order valence-electron chi connectivity index (χ1n) is 9.88. The molecule has 0 atom stereocenters. The molecule has 0 amide bonds. The van der Waals surface area contributed by atoms with E-state index >= 15 is 0 Å². The molecule has 0 heterocycles. The van der Waals surface area contributed by atoms with Gasteiger partial charge in [-0.1, -0.05) is 69.7 Å². The maximum Gasteiger partial charge on any atom is 0.196 e. The Labute approximate surface area is 160 Å². The van der Waals surface area contributed by atoms with Crippen LogP contribution in [0.1, 0.15) is 83.7 Å². The van der Waals surface area contributed by atoms with Gasteiger partial charge in [0.15, 0.2) is 11.6 Å². The predicted molar refractivity (Wildman–Crippen MR) is 108 cm³/mol. The molecule has 0 aliphatic heterocycles. The highest BCUT2D eigenvalue weighted by molar-refractivity contribution is 6.30. The first kappa shape index (κ1) is 19.2. The molecule has 0 spiro atoms. The molecule has 2 N–H and O–H groups in total. The predicted octanol–water partition coefficient (Wildman–Crippen LogP) is 5.17. The Morgan fingerprint density at radius 1 is 0.778 bits per heavy atom. The number of nitrogen functional groups attached to an aromatic ring is 1. The van der Waals surface area contributed by atoms with Gasteiger partial charge in [-0.25, -0.2) is 0 Å². The summed E-state index contributed by atoms with van der Waals surface area (Å²) in [5.41, 5.74) is 7.96. The normalized spacial score (nSPS) is 12.6. The van der Waals surface area contributed by atoms with Crippen LogP contribution in [-0.2, 0) is 0 Å². The summed E-state index contributed by atoms with van der Waals surface area (Å²) in [6.07, 6.45) is 8.42. The highest BCUT2D eigenvalue weighted by Crippen LogP contribution is 2.35. The van der Waals surface area contributed by atoms with E-state index in [2.05, 4.69) is 6.92 Å². The van der Waals surface area contributed by atoms with Gasteiger partial charge in [0.2, 0.25) is 0 Å². The van der Waals surface area contributed by atoms with Crippen molar-refractivity contribution in [2.24, 2.45) is 0 Å². The third-order valence-electron chi connectivity index (χ3n) is 5.10. The van der Waals surface area contributed by atoms with Crippen LogP contribution in [0.2, 0.25) is 0 Å². The average Bonchev–Trinajstić information content (AvgIpc) is 2.69. The number of nitrogens with two attached hydrogens (primary N) is 1. The number of ether oxygens (including phenoxy) is 1.